The van der Waals surface area contributed by atoms with Crippen molar-refractivity contribution in [2.24, 2.45) is 5.41 Å². The van der Waals surface area contributed by atoms with Gasteiger partial charge in [0, 0.05) is 24.5 Å². The lowest BCUT2D eigenvalue weighted by Gasteiger charge is -2.33. The number of amides is 1. The van der Waals surface area contributed by atoms with Gasteiger partial charge in [0.25, 0.3) is 0 Å². The van der Waals surface area contributed by atoms with Crippen LogP contribution in [0.2, 0.25) is 0 Å². The van der Waals surface area contributed by atoms with E-state index in [0.29, 0.717) is 30.8 Å². The number of sulfonamides is 1. The third-order valence-electron chi connectivity index (χ3n) is 4.83. The summed E-state index contributed by atoms with van der Waals surface area (Å²) < 4.78 is 27.3. The maximum Gasteiger partial charge on any atom is 0.243 e. The second-order valence-corrected chi connectivity index (χ2v) is 11.1. The molecule has 5 nitrogen and oxygen atoms in total. The van der Waals surface area contributed by atoms with Crippen molar-refractivity contribution in [3.63, 3.8) is 0 Å². The van der Waals surface area contributed by atoms with E-state index in [2.05, 4.69) is 26.1 Å². The van der Waals surface area contributed by atoms with Crippen LogP contribution in [0.15, 0.2) is 29.2 Å². The van der Waals surface area contributed by atoms with E-state index in [4.69, 9.17) is 0 Å². The third-order valence-corrected chi connectivity index (χ3v) is 6.74. The maximum atomic E-state index is 12.9. The number of nitrogens with zero attached hydrogens (tertiary/aromatic N) is 1. The summed E-state index contributed by atoms with van der Waals surface area (Å²) in [4.78, 5) is 12.4. The van der Waals surface area contributed by atoms with Crippen LogP contribution in [-0.2, 0) is 20.2 Å². The first-order valence-corrected chi connectivity index (χ1v) is 10.7. The summed E-state index contributed by atoms with van der Waals surface area (Å²) in [6, 6.07) is 7.22. The summed E-state index contributed by atoms with van der Waals surface area (Å²) in [7, 11) is -3.48. The highest BCUT2D eigenvalue weighted by atomic mass is 32.2. The number of hydrogen-bond donors (Lipinski definition) is 1. The SMILES string of the molecule is CC(C)(C)C(=O)NC1CCN(S(=O)(=O)c2ccc(C(C)(C)C)cc2)CC1. The van der Waals surface area contributed by atoms with Crippen LogP contribution in [0.25, 0.3) is 0 Å². The highest BCUT2D eigenvalue weighted by Crippen LogP contribution is 2.26. The number of piperidine rings is 1. The first kappa shape index (κ1) is 20.9. The first-order chi connectivity index (χ1) is 11.8. The summed E-state index contributed by atoms with van der Waals surface area (Å²) in [5.41, 5.74) is 0.671. The lowest BCUT2D eigenvalue weighted by atomic mass is 9.87. The van der Waals surface area contributed by atoms with E-state index in [-0.39, 0.29) is 17.4 Å². The Morgan fingerprint density at radius 3 is 1.92 bits per heavy atom. The molecule has 0 bridgehead atoms. The molecule has 1 N–H and O–H groups in total. The highest BCUT2D eigenvalue weighted by molar-refractivity contribution is 7.89. The van der Waals surface area contributed by atoms with E-state index in [9.17, 15) is 13.2 Å². The van der Waals surface area contributed by atoms with Crippen molar-refractivity contribution >= 4 is 15.9 Å². The molecule has 1 fully saturated rings. The summed E-state index contributed by atoms with van der Waals surface area (Å²) in [6.45, 7) is 12.8. The average Bonchev–Trinajstić information content (AvgIpc) is 2.54. The van der Waals surface area contributed by atoms with Crippen molar-refractivity contribution in [3.05, 3.63) is 29.8 Å². The van der Waals surface area contributed by atoms with Crippen molar-refractivity contribution in [1.82, 2.24) is 9.62 Å². The average molecular weight is 381 g/mol. The molecule has 0 aromatic heterocycles. The van der Waals surface area contributed by atoms with Crippen LogP contribution in [0.5, 0.6) is 0 Å². The zero-order valence-electron chi connectivity index (χ0n) is 16.8. The second-order valence-electron chi connectivity index (χ2n) is 9.18. The molecule has 146 valence electrons. The van der Waals surface area contributed by atoms with Gasteiger partial charge in [0.2, 0.25) is 15.9 Å². The Morgan fingerprint density at radius 1 is 1.00 bits per heavy atom. The van der Waals surface area contributed by atoms with Crippen LogP contribution in [0.3, 0.4) is 0 Å². The minimum Gasteiger partial charge on any atom is -0.353 e. The molecule has 0 atom stereocenters. The topological polar surface area (TPSA) is 66.5 Å². The molecule has 0 saturated carbocycles. The number of carbonyl (C=O) groups excluding carboxylic acids is 1. The van der Waals surface area contributed by atoms with E-state index >= 15 is 0 Å². The Bertz CT molecular complexity index is 733. The molecule has 1 aliphatic heterocycles. The van der Waals surface area contributed by atoms with Gasteiger partial charge in [-0.2, -0.15) is 4.31 Å². The van der Waals surface area contributed by atoms with Gasteiger partial charge in [0.15, 0.2) is 0 Å². The quantitative estimate of drug-likeness (QED) is 0.875. The Balaban J connectivity index is 2.03. The van der Waals surface area contributed by atoms with Crippen LogP contribution in [0, 0.1) is 5.41 Å². The van der Waals surface area contributed by atoms with Crippen molar-refractivity contribution in [2.45, 2.75) is 70.7 Å². The van der Waals surface area contributed by atoms with Crippen LogP contribution in [0.4, 0.5) is 0 Å². The molecule has 1 aliphatic rings. The minimum absolute atomic E-state index is 0.00804. The highest BCUT2D eigenvalue weighted by Gasteiger charge is 2.31. The van der Waals surface area contributed by atoms with Crippen LogP contribution in [0.1, 0.15) is 59.9 Å². The monoisotopic (exact) mass is 380 g/mol. The van der Waals surface area contributed by atoms with Gasteiger partial charge >= 0.3 is 0 Å². The second kappa shape index (κ2) is 7.31. The molecule has 6 heteroatoms. The molecule has 0 radical (unpaired) electrons. The number of benzene rings is 1. The lowest BCUT2D eigenvalue weighted by molar-refractivity contribution is -0.129. The fourth-order valence-corrected chi connectivity index (χ4v) is 4.39. The van der Waals surface area contributed by atoms with Gasteiger partial charge in [-0.3, -0.25) is 4.79 Å². The molecular weight excluding hydrogens is 348 g/mol. The number of carbonyl (C=O) groups is 1. The van der Waals surface area contributed by atoms with Crippen LogP contribution in [-0.4, -0.2) is 37.8 Å². The van der Waals surface area contributed by atoms with E-state index in [1.807, 2.05) is 32.9 Å². The van der Waals surface area contributed by atoms with Gasteiger partial charge in [-0.25, -0.2) is 8.42 Å². The molecule has 2 rings (SSSR count). The standard InChI is InChI=1S/C20H32N2O3S/c1-19(2,3)15-7-9-17(10-8-15)26(24,25)22-13-11-16(12-14-22)21-18(23)20(4,5)6/h7-10,16H,11-14H2,1-6H3,(H,21,23). The normalized spacial score (nSPS) is 17.9. The number of rotatable bonds is 3. The number of nitrogens with one attached hydrogen (secondary N) is 1. The zero-order valence-corrected chi connectivity index (χ0v) is 17.6. The fraction of sp³-hybridized carbons (Fsp3) is 0.650. The van der Waals surface area contributed by atoms with Crippen molar-refractivity contribution < 1.29 is 13.2 Å². The summed E-state index contributed by atoms with van der Waals surface area (Å²) in [5, 5.41) is 3.03. The van der Waals surface area contributed by atoms with Crippen molar-refractivity contribution in [2.75, 3.05) is 13.1 Å². The molecule has 1 aromatic carbocycles. The molecule has 1 saturated heterocycles. The zero-order chi connectivity index (χ0) is 19.8. The Morgan fingerprint density at radius 2 is 1.50 bits per heavy atom. The molecule has 1 amide bonds. The molecule has 0 unspecified atom stereocenters. The van der Waals surface area contributed by atoms with Gasteiger partial charge in [-0.1, -0.05) is 53.7 Å². The Hall–Kier alpha value is -1.40. The molecule has 26 heavy (non-hydrogen) atoms. The van der Waals surface area contributed by atoms with E-state index in [1.54, 1.807) is 12.1 Å². The van der Waals surface area contributed by atoms with E-state index in [0.717, 1.165) is 5.56 Å². The van der Waals surface area contributed by atoms with Crippen molar-refractivity contribution in [3.8, 4) is 0 Å². The van der Waals surface area contributed by atoms with Gasteiger partial charge in [0.1, 0.15) is 0 Å². The van der Waals surface area contributed by atoms with E-state index < -0.39 is 15.4 Å². The summed E-state index contributed by atoms with van der Waals surface area (Å²) >= 11 is 0. The minimum atomic E-state index is -3.48. The van der Waals surface area contributed by atoms with Gasteiger partial charge in [-0.05, 0) is 36.0 Å². The Kier molecular flexibility index (Phi) is 5.88. The molecule has 0 aliphatic carbocycles. The van der Waals surface area contributed by atoms with Crippen LogP contribution < -0.4 is 5.32 Å². The van der Waals surface area contributed by atoms with Gasteiger partial charge in [0.05, 0.1) is 4.90 Å². The predicted octanol–water partition coefficient (Wildman–Crippen LogP) is 3.30. The molecule has 1 heterocycles. The smallest absolute Gasteiger partial charge is 0.243 e. The maximum absolute atomic E-state index is 12.9. The predicted molar refractivity (Wildman–Crippen MR) is 105 cm³/mol. The van der Waals surface area contributed by atoms with Gasteiger partial charge < -0.3 is 5.32 Å². The fourth-order valence-electron chi connectivity index (χ4n) is 2.92. The van der Waals surface area contributed by atoms with Crippen LogP contribution >= 0.6 is 0 Å². The largest absolute Gasteiger partial charge is 0.353 e. The van der Waals surface area contributed by atoms with Crippen molar-refractivity contribution in [1.29, 1.82) is 0 Å². The van der Waals surface area contributed by atoms with E-state index in [1.165, 1.54) is 4.31 Å². The molecule has 1 aromatic rings. The first-order valence-electron chi connectivity index (χ1n) is 9.23. The Labute approximate surface area is 158 Å². The molecular formula is C20H32N2O3S. The lowest BCUT2D eigenvalue weighted by Crippen LogP contribution is -2.48. The third kappa shape index (κ3) is 4.86. The number of hydrogen-bond acceptors (Lipinski definition) is 3. The molecule has 0 spiro atoms. The summed E-state index contributed by atoms with van der Waals surface area (Å²) in [5.74, 6) is 0.0107. The van der Waals surface area contributed by atoms with Gasteiger partial charge in [-0.15, -0.1) is 0 Å². The summed E-state index contributed by atoms with van der Waals surface area (Å²) in [6.07, 6.45) is 1.28.